The lowest BCUT2D eigenvalue weighted by atomic mass is 10.1. The molecular weight excluding hydrogens is 306 g/mol. The molecular formula is C19H19NO4. The molecule has 0 heterocycles. The number of rotatable bonds is 6. The fourth-order valence-electron chi connectivity index (χ4n) is 2.67. The zero-order valence-electron chi connectivity index (χ0n) is 13.2. The molecule has 5 nitrogen and oxygen atoms in total. The standard InChI is InChI=1S/C19H19NO4/c21-17-6-1-3-14(9-17)12-20(11-13-7-8-13)18(22)15-4-2-5-16(10-15)19(23)24/h1-6,9-10,13,21H,7-8,11-12H2,(H,23,24). The molecule has 1 fully saturated rings. The molecule has 0 saturated heterocycles. The Morgan fingerprint density at radius 1 is 1.04 bits per heavy atom. The van der Waals surface area contributed by atoms with Gasteiger partial charge in [0.05, 0.1) is 5.56 Å². The van der Waals surface area contributed by atoms with E-state index < -0.39 is 5.97 Å². The first kappa shape index (κ1) is 16.1. The van der Waals surface area contributed by atoms with E-state index in [0.29, 0.717) is 24.6 Å². The van der Waals surface area contributed by atoms with Crippen molar-refractivity contribution >= 4 is 11.9 Å². The second-order valence-corrected chi connectivity index (χ2v) is 6.18. The largest absolute Gasteiger partial charge is 0.508 e. The number of nitrogens with zero attached hydrogens (tertiary/aromatic N) is 1. The summed E-state index contributed by atoms with van der Waals surface area (Å²) in [6, 6.07) is 12.9. The van der Waals surface area contributed by atoms with Gasteiger partial charge < -0.3 is 15.1 Å². The number of aromatic hydroxyl groups is 1. The van der Waals surface area contributed by atoms with Crippen molar-refractivity contribution in [3.05, 3.63) is 65.2 Å². The Morgan fingerprint density at radius 2 is 1.75 bits per heavy atom. The molecule has 5 heteroatoms. The summed E-state index contributed by atoms with van der Waals surface area (Å²) in [7, 11) is 0. The molecule has 2 N–H and O–H groups in total. The summed E-state index contributed by atoms with van der Waals surface area (Å²) in [5, 5.41) is 18.7. The Bertz CT molecular complexity index is 767. The van der Waals surface area contributed by atoms with Crippen molar-refractivity contribution in [3.63, 3.8) is 0 Å². The molecule has 2 aromatic carbocycles. The molecule has 1 aliphatic rings. The predicted octanol–water partition coefficient (Wildman–Crippen LogP) is 3.14. The molecule has 1 saturated carbocycles. The Morgan fingerprint density at radius 3 is 2.42 bits per heavy atom. The van der Waals surface area contributed by atoms with Crippen molar-refractivity contribution in [1.29, 1.82) is 0 Å². The van der Waals surface area contributed by atoms with Gasteiger partial charge in [-0.1, -0.05) is 18.2 Å². The molecule has 0 atom stereocenters. The lowest BCUT2D eigenvalue weighted by Crippen LogP contribution is -2.32. The number of carbonyl (C=O) groups is 2. The highest BCUT2D eigenvalue weighted by molar-refractivity contribution is 5.97. The van der Waals surface area contributed by atoms with Crippen LogP contribution < -0.4 is 0 Å². The highest BCUT2D eigenvalue weighted by Crippen LogP contribution is 2.31. The number of amides is 1. The number of hydrogen-bond donors (Lipinski definition) is 2. The number of carboxylic acids is 1. The van der Waals surface area contributed by atoms with E-state index in [4.69, 9.17) is 5.11 Å². The summed E-state index contributed by atoms with van der Waals surface area (Å²) in [5.74, 6) is -0.562. The van der Waals surface area contributed by atoms with Gasteiger partial charge >= 0.3 is 5.97 Å². The van der Waals surface area contributed by atoms with Crippen LogP contribution in [0, 0.1) is 5.92 Å². The summed E-state index contributed by atoms with van der Waals surface area (Å²) < 4.78 is 0. The SMILES string of the molecule is O=C(O)c1cccc(C(=O)N(Cc2cccc(O)c2)CC2CC2)c1. The fraction of sp³-hybridized carbons (Fsp3) is 0.263. The molecule has 0 aliphatic heterocycles. The van der Waals surface area contributed by atoms with Crippen molar-refractivity contribution < 1.29 is 19.8 Å². The monoisotopic (exact) mass is 325 g/mol. The van der Waals surface area contributed by atoms with Gasteiger partial charge in [0.1, 0.15) is 5.75 Å². The molecule has 2 aromatic rings. The molecule has 0 bridgehead atoms. The number of aromatic carboxylic acids is 1. The molecule has 0 spiro atoms. The third-order valence-electron chi connectivity index (χ3n) is 4.10. The first-order valence-electron chi connectivity index (χ1n) is 7.93. The van der Waals surface area contributed by atoms with Gasteiger partial charge in [0.15, 0.2) is 0 Å². The quantitative estimate of drug-likeness (QED) is 0.855. The zero-order chi connectivity index (χ0) is 17.1. The van der Waals surface area contributed by atoms with Crippen LogP contribution in [0.15, 0.2) is 48.5 Å². The summed E-state index contributed by atoms with van der Waals surface area (Å²) in [5.41, 5.74) is 1.32. The molecule has 3 rings (SSSR count). The molecule has 1 amide bonds. The van der Waals surface area contributed by atoms with Crippen LogP contribution in [0.1, 0.15) is 39.1 Å². The lowest BCUT2D eigenvalue weighted by Gasteiger charge is -2.23. The van der Waals surface area contributed by atoms with E-state index >= 15 is 0 Å². The first-order chi connectivity index (χ1) is 11.5. The summed E-state index contributed by atoms with van der Waals surface area (Å²) in [6.07, 6.45) is 2.22. The molecule has 1 aliphatic carbocycles. The van der Waals surface area contributed by atoms with Gasteiger partial charge in [-0.3, -0.25) is 4.79 Å². The number of phenols is 1. The normalized spacial score (nSPS) is 13.5. The second-order valence-electron chi connectivity index (χ2n) is 6.18. The smallest absolute Gasteiger partial charge is 0.335 e. The third kappa shape index (κ3) is 3.93. The van der Waals surface area contributed by atoms with Crippen molar-refractivity contribution in [1.82, 2.24) is 4.90 Å². The van der Waals surface area contributed by atoms with Crippen LogP contribution in [0.3, 0.4) is 0 Å². The number of carboxylic acid groups (broad SMARTS) is 1. The Balaban J connectivity index is 1.83. The number of carbonyl (C=O) groups excluding carboxylic acids is 1. The van der Waals surface area contributed by atoms with Crippen molar-refractivity contribution in [2.75, 3.05) is 6.54 Å². The van der Waals surface area contributed by atoms with E-state index in [2.05, 4.69) is 0 Å². The maximum absolute atomic E-state index is 12.8. The van der Waals surface area contributed by atoms with Crippen LogP contribution in [-0.2, 0) is 6.54 Å². The van der Waals surface area contributed by atoms with E-state index in [1.807, 2.05) is 6.07 Å². The van der Waals surface area contributed by atoms with E-state index in [9.17, 15) is 14.7 Å². The summed E-state index contributed by atoms with van der Waals surface area (Å²) >= 11 is 0. The van der Waals surface area contributed by atoms with Gasteiger partial charge in [0.25, 0.3) is 5.91 Å². The van der Waals surface area contributed by atoms with Gasteiger partial charge in [-0.25, -0.2) is 4.79 Å². The Labute approximate surface area is 140 Å². The minimum Gasteiger partial charge on any atom is -0.508 e. The van der Waals surface area contributed by atoms with E-state index in [1.54, 1.807) is 35.2 Å². The van der Waals surface area contributed by atoms with Gasteiger partial charge in [0.2, 0.25) is 0 Å². The van der Waals surface area contributed by atoms with Crippen molar-refractivity contribution in [2.24, 2.45) is 5.92 Å². The van der Waals surface area contributed by atoms with Crippen LogP contribution in [0.5, 0.6) is 5.75 Å². The molecule has 124 valence electrons. The minimum absolute atomic E-state index is 0.101. The highest BCUT2D eigenvalue weighted by Gasteiger charge is 2.27. The van der Waals surface area contributed by atoms with E-state index in [1.165, 1.54) is 12.1 Å². The highest BCUT2D eigenvalue weighted by atomic mass is 16.4. The predicted molar refractivity (Wildman–Crippen MR) is 89.0 cm³/mol. The van der Waals surface area contributed by atoms with Crippen LogP contribution >= 0.6 is 0 Å². The fourth-order valence-corrected chi connectivity index (χ4v) is 2.67. The number of hydrogen-bond acceptors (Lipinski definition) is 3. The van der Waals surface area contributed by atoms with Gasteiger partial charge in [-0.2, -0.15) is 0 Å². The maximum Gasteiger partial charge on any atom is 0.335 e. The van der Waals surface area contributed by atoms with E-state index in [0.717, 1.165) is 18.4 Å². The van der Waals surface area contributed by atoms with Gasteiger partial charge in [-0.05, 0) is 54.7 Å². The summed E-state index contributed by atoms with van der Waals surface area (Å²) in [6.45, 7) is 1.03. The van der Waals surface area contributed by atoms with Gasteiger partial charge in [0, 0.05) is 18.7 Å². The van der Waals surface area contributed by atoms with Crippen molar-refractivity contribution in [3.8, 4) is 5.75 Å². The lowest BCUT2D eigenvalue weighted by molar-refractivity contribution is 0.0697. The van der Waals surface area contributed by atoms with Gasteiger partial charge in [-0.15, -0.1) is 0 Å². The Kier molecular flexibility index (Phi) is 4.51. The minimum atomic E-state index is -1.05. The third-order valence-corrected chi connectivity index (χ3v) is 4.10. The van der Waals surface area contributed by atoms with Crippen LogP contribution in [0.2, 0.25) is 0 Å². The van der Waals surface area contributed by atoms with Crippen LogP contribution in [0.4, 0.5) is 0 Å². The van der Waals surface area contributed by atoms with Crippen LogP contribution in [0.25, 0.3) is 0 Å². The summed E-state index contributed by atoms with van der Waals surface area (Å²) in [4.78, 5) is 25.7. The first-order valence-corrected chi connectivity index (χ1v) is 7.93. The van der Waals surface area contributed by atoms with Crippen molar-refractivity contribution in [2.45, 2.75) is 19.4 Å². The number of phenolic OH excluding ortho intramolecular Hbond substituents is 1. The topological polar surface area (TPSA) is 77.8 Å². The average Bonchev–Trinajstić information content (AvgIpc) is 3.38. The average molecular weight is 325 g/mol. The number of benzene rings is 2. The molecule has 24 heavy (non-hydrogen) atoms. The van der Waals surface area contributed by atoms with Crippen LogP contribution in [-0.4, -0.2) is 33.5 Å². The maximum atomic E-state index is 12.8. The van der Waals surface area contributed by atoms with E-state index in [-0.39, 0.29) is 17.2 Å². The molecule has 0 unspecified atom stereocenters. The molecule has 0 aromatic heterocycles. The Hall–Kier alpha value is -2.82. The zero-order valence-corrected chi connectivity index (χ0v) is 13.2. The second kappa shape index (κ2) is 6.74. The molecule has 0 radical (unpaired) electrons.